The van der Waals surface area contributed by atoms with Gasteiger partial charge in [0.25, 0.3) is 0 Å². The van der Waals surface area contributed by atoms with Gasteiger partial charge in [0.05, 0.1) is 19.0 Å². The molecule has 0 saturated carbocycles. The van der Waals surface area contributed by atoms with Crippen molar-refractivity contribution < 1.29 is 22.7 Å². The van der Waals surface area contributed by atoms with Crippen molar-refractivity contribution in [3.05, 3.63) is 35.3 Å². The molecule has 0 spiro atoms. The summed E-state index contributed by atoms with van der Waals surface area (Å²) < 4.78 is 43.3. The Hall–Kier alpha value is -2.29. The van der Waals surface area contributed by atoms with Crippen LogP contribution in [0.3, 0.4) is 0 Å². The van der Waals surface area contributed by atoms with Crippen molar-refractivity contribution >= 4 is 28.1 Å². The average molecular weight is 385 g/mol. The fraction of sp³-hybridized carbons (Fsp3) is 0.412. The monoisotopic (exact) mass is 385 g/mol. The number of para-hydroxylation sites is 2. The Labute approximate surface area is 152 Å². The van der Waals surface area contributed by atoms with Gasteiger partial charge in [-0.1, -0.05) is 23.5 Å². The van der Waals surface area contributed by atoms with Crippen LogP contribution in [0.1, 0.15) is 17.7 Å². The van der Waals surface area contributed by atoms with Crippen LogP contribution in [0.2, 0.25) is 0 Å². The lowest BCUT2D eigenvalue weighted by Crippen LogP contribution is -2.38. The molecule has 140 valence electrons. The first-order valence-electron chi connectivity index (χ1n) is 8.10. The van der Waals surface area contributed by atoms with Crippen LogP contribution >= 0.6 is 11.3 Å². The van der Waals surface area contributed by atoms with Crippen molar-refractivity contribution in [3.63, 3.8) is 0 Å². The number of alkyl halides is 3. The molecular weight excluding hydrogens is 367 g/mol. The van der Waals surface area contributed by atoms with Gasteiger partial charge in [-0.3, -0.25) is 4.79 Å². The second-order valence-corrected chi connectivity index (χ2v) is 6.96. The SMILES string of the molecule is COc1ccccc1NC(=O)C1CCN(c2ncc(C(F)(F)F)s2)CC1. The lowest BCUT2D eigenvalue weighted by atomic mass is 9.96. The number of piperidine rings is 1. The summed E-state index contributed by atoms with van der Waals surface area (Å²) in [5.74, 6) is 0.281. The smallest absolute Gasteiger partial charge is 0.427 e. The molecule has 2 aromatic rings. The van der Waals surface area contributed by atoms with Crippen LogP contribution in [0.4, 0.5) is 24.0 Å². The number of hydrogen-bond acceptors (Lipinski definition) is 5. The second kappa shape index (κ2) is 7.53. The van der Waals surface area contributed by atoms with E-state index in [0.29, 0.717) is 53.8 Å². The summed E-state index contributed by atoms with van der Waals surface area (Å²) in [6.07, 6.45) is -2.40. The molecule has 1 amide bonds. The molecule has 26 heavy (non-hydrogen) atoms. The van der Waals surface area contributed by atoms with Crippen LogP contribution in [-0.2, 0) is 11.0 Å². The Bertz CT molecular complexity index is 771. The number of nitrogens with one attached hydrogen (secondary N) is 1. The third-order valence-electron chi connectivity index (χ3n) is 4.27. The Balaban J connectivity index is 1.58. The number of rotatable bonds is 4. The predicted octanol–water partition coefficient (Wildman–Crippen LogP) is 4.03. The molecule has 1 aromatic heterocycles. The van der Waals surface area contributed by atoms with E-state index in [0.717, 1.165) is 6.20 Å². The molecule has 9 heteroatoms. The highest BCUT2D eigenvalue weighted by atomic mass is 32.1. The largest absolute Gasteiger partial charge is 0.495 e. The topological polar surface area (TPSA) is 54.5 Å². The maximum Gasteiger partial charge on any atom is 0.427 e. The molecule has 2 heterocycles. The fourth-order valence-electron chi connectivity index (χ4n) is 2.86. The number of nitrogens with zero attached hydrogens (tertiary/aromatic N) is 2. The molecular formula is C17H18F3N3O2S. The van der Waals surface area contributed by atoms with Gasteiger partial charge in [-0.25, -0.2) is 4.98 Å². The number of anilines is 2. The first-order chi connectivity index (χ1) is 12.4. The highest BCUT2D eigenvalue weighted by Gasteiger charge is 2.34. The fourth-order valence-corrected chi connectivity index (χ4v) is 3.69. The van der Waals surface area contributed by atoms with Crippen LogP contribution in [0, 0.1) is 5.92 Å². The third kappa shape index (κ3) is 4.09. The Morgan fingerprint density at radius 2 is 2.00 bits per heavy atom. The van der Waals surface area contributed by atoms with E-state index >= 15 is 0 Å². The maximum absolute atomic E-state index is 12.7. The molecule has 1 aromatic carbocycles. The molecule has 0 unspecified atom stereocenters. The van der Waals surface area contributed by atoms with Gasteiger partial charge in [0.15, 0.2) is 5.13 Å². The Kier molecular flexibility index (Phi) is 5.36. The van der Waals surface area contributed by atoms with E-state index in [-0.39, 0.29) is 11.8 Å². The number of aromatic nitrogens is 1. The molecule has 1 saturated heterocycles. The number of amides is 1. The number of benzene rings is 1. The molecule has 0 atom stereocenters. The van der Waals surface area contributed by atoms with Gasteiger partial charge in [-0.15, -0.1) is 0 Å². The number of thiazole rings is 1. The summed E-state index contributed by atoms with van der Waals surface area (Å²) in [4.78, 5) is 17.4. The molecule has 1 aliphatic rings. The first-order valence-corrected chi connectivity index (χ1v) is 8.92. The van der Waals surface area contributed by atoms with Gasteiger partial charge in [0.2, 0.25) is 5.91 Å². The Morgan fingerprint density at radius 3 is 2.62 bits per heavy atom. The maximum atomic E-state index is 12.7. The molecule has 0 radical (unpaired) electrons. The normalized spacial score (nSPS) is 15.8. The highest BCUT2D eigenvalue weighted by Crippen LogP contribution is 2.37. The number of carbonyl (C=O) groups is 1. The minimum atomic E-state index is -4.37. The van der Waals surface area contributed by atoms with Gasteiger partial charge >= 0.3 is 6.18 Å². The molecule has 5 nitrogen and oxygen atoms in total. The average Bonchev–Trinajstić information content (AvgIpc) is 3.13. The van der Waals surface area contributed by atoms with E-state index in [4.69, 9.17) is 4.74 Å². The van der Waals surface area contributed by atoms with Crippen LogP contribution < -0.4 is 15.0 Å². The molecule has 1 fully saturated rings. The van der Waals surface area contributed by atoms with E-state index < -0.39 is 11.1 Å². The van der Waals surface area contributed by atoms with Crippen LogP contribution in [-0.4, -0.2) is 31.1 Å². The van der Waals surface area contributed by atoms with E-state index in [1.807, 2.05) is 6.07 Å². The molecule has 0 aliphatic carbocycles. The van der Waals surface area contributed by atoms with Crippen LogP contribution in [0.25, 0.3) is 0 Å². The van der Waals surface area contributed by atoms with Crippen LogP contribution in [0.5, 0.6) is 5.75 Å². The van der Waals surface area contributed by atoms with E-state index in [1.54, 1.807) is 23.1 Å². The number of carbonyl (C=O) groups excluding carboxylic acids is 1. The van der Waals surface area contributed by atoms with Crippen LogP contribution in [0.15, 0.2) is 30.5 Å². The number of methoxy groups -OCH3 is 1. The molecule has 1 aliphatic heterocycles. The predicted molar refractivity (Wildman–Crippen MR) is 93.7 cm³/mol. The van der Waals surface area contributed by atoms with Gasteiger partial charge in [-0.05, 0) is 25.0 Å². The molecule has 3 rings (SSSR count). The summed E-state index contributed by atoms with van der Waals surface area (Å²) in [6.45, 7) is 0.990. The minimum absolute atomic E-state index is 0.107. The summed E-state index contributed by atoms with van der Waals surface area (Å²) in [6, 6.07) is 7.15. The third-order valence-corrected chi connectivity index (χ3v) is 5.38. The molecule has 1 N–H and O–H groups in total. The van der Waals surface area contributed by atoms with Crippen molar-refractivity contribution in [1.82, 2.24) is 4.98 Å². The van der Waals surface area contributed by atoms with Crippen molar-refractivity contribution in [2.24, 2.45) is 5.92 Å². The zero-order valence-electron chi connectivity index (χ0n) is 14.0. The highest BCUT2D eigenvalue weighted by molar-refractivity contribution is 7.15. The van der Waals surface area contributed by atoms with E-state index in [9.17, 15) is 18.0 Å². The van der Waals surface area contributed by atoms with E-state index in [1.165, 1.54) is 7.11 Å². The molecule has 0 bridgehead atoms. The minimum Gasteiger partial charge on any atom is -0.495 e. The van der Waals surface area contributed by atoms with Gasteiger partial charge < -0.3 is 15.0 Å². The first kappa shape index (κ1) is 18.5. The standard InChI is InChI=1S/C17H18F3N3O2S/c1-25-13-5-3-2-4-12(13)22-15(24)11-6-8-23(9-7-11)16-21-10-14(26-16)17(18,19)20/h2-5,10-11H,6-9H2,1H3,(H,22,24). The lowest BCUT2D eigenvalue weighted by Gasteiger charge is -2.31. The number of hydrogen-bond donors (Lipinski definition) is 1. The second-order valence-electron chi connectivity index (χ2n) is 5.96. The Morgan fingerprint density at radius 1 is 1.31 bits per heavy atom. The van der Waals surface area contributed by atoms with Gasteiger partial charge in [-0.2, -0.15) is 13.2 Å². The summed E-state index contributed by atoms with van der Waals surface area (Å²) in [5, 5.41) is 3.21. The lowest BCUT2D eigenvalue weighted by molar-refractivity contribution is -0.134. The van der Waals surface area contributed by atoms with Crippen molar-refractivity contribution in [2.45, 2.75) is 19.0 Å². The summed E-state index contributed by atoms with van der Waals surface area (Å²) >= 11 is 0.636. The van der Waals surface area contributed by atoms with Crippen molar-refractivity contribution in [3.8, 4) is 5.75 Å². The quantitative estimate of drug-likeness (QED) is 0.864. The van der Waals surface area contributed by atoms with Gasteiger partial charge in [0, 0.05) is 19.0 Å². The zero-order valence-corrected chi connectivity index (χ0v) is 14.9. The van der Waals surface area contributed by atoms with E-state index in [2.05, 4.69) is 10.3 Å². The van der Waals surface area contributed by atoms with Gasteiger partial charge in [0.1, 0.15) is 10.6 Å². The number of ether oxygens (including phenoxy) is 1. The van der Waals surface area contributed by atoms with Crippen molar-refractivity contribution in [1.29, 1.82) is 0 Å². The van der Waals surface area contributed by atoms with Crippen molar-refractivity contribution in [2.75, 3.05) is 30.4 Å². The zero-order chi connectivity index (χ0) is 18.7. The summed E-state index contributed by atoms with van der Waals surface area (Å²) in [7, 11) is 1.53. The number of halogens is 3. The summed E-state index contributed by atoms with van der Waals surface area (Å²) in [5.41, 5.74) is 0.608.